The van der Waals surface area contributed by atoms with Gasteiger partial charge in [-0.3, -0.25) is 14.7 Å². The van der Waals surface area contributed by atoms with Gasteiger partial charge >= 0.3 is 0 Å². The number of guanidine groups is 1. The van der Waals surface area contributed by atoms with Crippen LogP contribution in [0.2, 0.25) is 0 Å². The molecule has 1 aromatic carbocycles. The Morgan fingerprint density at radius 2 is 1.97 bits per heavy atom. The molecule has 0 spiro atoms. The van der Waals surface area contributed by atoms with Gasteiger partial charge in [0.15, 0.2) is 5.96 Å². The molecule has 2 N–H and O–H groups in total. The Kier molecular flexibility index (Phi) is 9.98. The number of carbonyl (C=O) groups excluding carboxylic acids is 1. The number of benzene rings is 1. The number of hydrogen-bond acceptors (Lipinski definition) is 3. The van der Waals surface area contributed by atoms with Crippen molar-refractivity contribution in [2.24, 2.45) is 10.9 Å². The largest absolute Gasteiger partial charge is 0.356 e. The summed E-state index contributed by atoms with van der Waals surface area (Å²) in [7, 11) is 1.78. The van der Waals surface area contributed by atoms with Gasteiger partial charge in [-0.25, -0.2) is 0 Å². The lowest BCUT2D eigenvalue weighted by Crippen LogP contribution is -2.45. The average Bonchev–Trinajstić information content (AvgIpc) is 2.75. The lowest BCUT2D eigenvalue weighted by atomic mass is 10.00. The van der Waals surface area contributed by atoms with E-state index in [0.717, 1.165) is 45.1 Å². The normalized spacial score (nSPS) is 18.6. The number of amides is 1. The van der Waals surface area contributed by atoms with E-state index in [9.17, 15) is 4.79 Å². The molecule has 2 unspecified atom stereocenters. The number of rotatable bonds is 9. The summed E-state index contributed by atoms with van der Waals surface area (Å²) in [5, 5.41) is 6.76. The summed E-state index contributed by atoms with van der Waals surface area (Å²) >= 11 is 0. The number of nitrogens with one attached hydrogen (secondary N) is 2. The first-order chi connectivity index (χ1) is 14.1. The SMILES string of the molecule is CCN(CC)C(CNC(=NC)NCCC(=O)N1CCCC(C)C1)c1ccccc1. The van der Waals surface area contributed by atoms with Crippen LogP contribution in [-0.2, 0) is 4.79 Å². The van der Waals surface area contributed by atoms with Crippen LogP contribution in [0, 0.1) is 5.92 Å². The molecular formula is C23H39N5O. The number of carbonyl (C=O) groups is 1. The van der Waals surface area contributed by atoms with Gasteiger partial charge in [0.2, 0.25) is 5.91 Å². The van der Waals surface area contributed by atoms with Gasteiger partial charge < -0.3 is 15.5 Å². The molecule has 1 aliphatic heterocycles. The fourth-order valence-electron chi connectivity index (χ4n) is 4.07. The van der Waals surface area contributed by atoms with Crippen LogP contribution in [0.3, 0.4) is 0 Å². The second-order valence-electron chi connectivity index (χ2n) is 7.86. The van der Waals surface area contributed by atoms with Crippen molar-refractivity contribution in [3.05, 3.63) is 35.9 Å². The van der Waals surface area contributed by atoms with E-state index >= 15 is 0 Å². The summed E-state index contributed by atoms with van der Waals surface area (Å²) in [4.78, 5) is 21.2. The van der Waals surface area contributed by atoms with Crippen LogP contribution in [0.4, 0.5) is 0 Å². The molecule has 1 saturated heterocycles. The molecule has 2 rings (SSSR count). The van der Waals surface area contributed by atoms with Crippen molar-refractivity contribution in [2.75, 3.05) is 46.3 Å². The van der Waals surface area contributed by atoms with E-state index in [2.05, 4.69) is 71.6 Å². The molecule has 29 heavy (non-hydrogen) atoms. The second-order valence-corrected chi connectivity index (χ2v) is 7.86. The van der Waals surface area contributed by atoms with E-state index in [0.29, 0.717) is 18.9 Å². The van der Waals surface area contributed by atoms with Crippen LogP contribution < -0.4 is 10.6 Å². The minimum atomic E-state index is 0.241. The van der Waals surface area contributed by atoms with Crippen molar-refractivity contribution in [2.45, 2.75) is 46.1 Å². The number of hydrogen-bond donors (Lipinski definition) is 2. The Balaban J connectivity index is 1.84. The van der Waals surface area contributed by atoms with Crippen molar-refractivity contribution in [3.63, 3.8) is 0 Å². The van der Waals surface area contributed by atoms with Gasteiger partial charge in [-0.2, -0.15) is 0 Å². The summed E-state index contributed by atoms with van der Waals surface area (Å²) in [6, 6.07) is 10.9. The van der Waals surface area contributed by atoms with E-state index in [1.165, 1.54) is 12.0 Å². The zero-order valence-corrected chi connectivity index (χ0v) is 18.7. The monoisotopic (exact) mass is 401 g/mol. The smallest absolute Gasteiger partial charge is 0.224 e. The first kappa shape index (κ1) is 23.2. The van der Waals surface area contributed by atoms with Crippen LogP contribution >= 0.6 is 0 Å². The molecule has 0 saturated carbocycles. The maximum atomic E-state index is 12.5. The third-order valence-corrected chi connectivity index (χ3v) is 5.76. The average molecular weight is 402 g/mol. The van der Waals surface area contributed by atoms with Crippen LogP contribution in [0.5, 0.6) is 0 Å². The highest BCUT2D eigenvalue weighted by Crippen LogP contribution is 2.19. The number of piperidine rings is 1. The Morgan fingerprint density at radius 3 is 2.59 bits per heavy atom. The lowest BCUT2D eigenvalue weighted by Gasteiger charge is -2.31. The first-order valence-corrected chi connectivity index (χ1v) is 11.1. The van der Waals surface area contributed by atoms with Gasteiger partial charge in [-0.1, -0.05) is 51.1 Å². The molecule has 1 fully saturated rings. The molecule has 1 aliphatic rings. The maximum Gasteiger partial charge on any atom is 0.224 e. The number of likely N-dealkylation sites (tertiary alicyclic amines) is 1. The molecule has 1 amide bonds. The third kappa shape index (κ3) is 7.35. The van der Waals surface area contributed by atoms with Crippen molar-refractivity contribution in [1.29, 1.82) is 0 Å². The van der Waals surface area contributed by atoms with Gasteiger partial charge in [-0.15, -0.1) is 0 Å². The molecule has 1 aromatic rings. The summed E-state index contributed by atoms with van der Waals surface area (Å²) in [6.45, 7) is 11.8. The highest BCUT2D eigenvalue weighted by atomic mass is 16.2. The van der Waals surface area contributed by atoms with Gasteiger partial charge in [0, 0.05) is 39.6 Å². The molecule has 0 aromatic heterocycles. The van der Waals surface area contributed by atoms with E-state index in [1.54, 1.807) is 7.05 Å². The number of nitrogens with zero attached hydrogens (tertiary/aromatic N) is 3. The Bertz CT molecular complexity index is 629. The minimum Gasteiger partial charge on any atom is -0.356 e. The van der Waals surface area contributed by atoms with Gasteiger partial charge in [-0.05, 0) is 37.4 Å². The standard InChI is InChI=1S/C23H39N5O/c1-5-27(6-2)21(20-12-8-7-9-13-20)17-26-23(24-4)25-15-14-22(29)28-16-10-11-19(3)18-28/h7-9,12-13,19,21H,5-6,10-11,14-18H2,1-4H3,(H2,24,25,26). The minimum absolute atomic E-state index is 0.241. The molecule has 0 aliphatic carbocycles. The molecule has 0 radical (unpaired) electrons. The second kappa shape index (κ2) is 12.5. The summed E-state index contributed by atoms with van der Waals surface area (Å²) in [6.07, 6.45) is 2.86. The fraction of sp³-hybridized carbons (Fsp3) is 0.652. The zero-order chi connectivity index (χ0) is 21.1. The van der Waals surface area contributed by atoms with Crippen molar-refractivity contribution < 1.29 is 4.79 Å². The van der Waals surface area contributed by atoms with E-state index < -0.39 is 0 Å². The van der Waals surface area contributed by atoms with Gasteiger partial charge in [0.25, 0.3) is 0 Å². The molecule has 6 heteroatoms. The van der Waals surface area contributed by atoms with Crippen molar-refractivity contribution in [3.8, 4) is 0 Å². The van der Waals surface area contributed by atoms with Crippen molar-refractivity contribution >= 4 is 11.9 Å². The highest BCUT2D eigenvalue weighted by Gasteiger charge is 2.21. The highest BCUT2D eigenvalue weighted by molar-refractivity contribution is 5.81. The summed E-state index contributed by atoms with van der Waals surface area (Å²) < 4.78 is 0. The predicted molar refractivity (Wildman–Crippen MR) is 121 cm³/mol. The maximum absolute atomic E-state index is 12.5. The lowest BCUT2D eigenvalue weighted by molar-refractivity contribution is -0.132. The van der Waals surface area contributed by atoms with E-state index in [-0.39, 0.29) is 11.9 Å². The third-order valence-electron chi connectivity index (χ3n) is 5.76. The van der Waals surface area contributed by atoms with Crippen LogP contribution in [0.1, 0.15) is 51.6 Å². The topological polar surface area (TPSA) is 60.0 Å². The Hall–Kier alpha value is -2.08. The molecule has 2 atom stereocenters. The van der Waals surface area contributed by atoms with Gasteiger partial charge in [0.1, 0.15) is 0 Å². The molecule has 6 nitrogen and oxygen atoms in total. The number of likely N-dealkylation sites (N-methyl/N-ethyl adjacent to an activating group) is 1. The van der Waals surface area contributed by atoms with Crippen molar-refractivity contribution in [1.82, 2.24) is 20.4 Å². The molecule has 162 valence electrons. The van der Waals surface area contributed by atoms with Crippen LogP contribution in [0.25, 0.3) is 0 Å². The Morgan fingerprint density at radius 1 is 1.24 bits per heavy atom. The van der Waals surface area contributed by atoms with Gasteiger partial charge in [0.05, 0.1) is 6.04 Å². The summed E-state index contributed by atoms with van der Waals surface area (Å²) in [5.41, 5.74) is 1.30. The van der Waals surface area contributed by atoms with Crippen LogP contribution in [0.15, 0.2) is 35.3 Å². The predicted octanol–water partition coefficient (Wildman–Crippen LogP) is 2.88. The Labute approximate surface area is 176 Å². The molecule has 1 heterocycles. The van der Waals surface area contributed by atoms with E-state index in [1.807, 2.05) is 4.90 Å². The summed E-state index contributed by atoms with van der Waals surface area (Å²) in [5.74, 6) is 1.60. The number of aliphatic imine (C=N–C) groups is 1. The first-order valence-electron chi connectivity index (χ1n) is 11.1. The fourth-order valence-corrected chi connectivity index (χ4v) is 4.07. The van der Waals surface area contributed by atoms with E-state index in [4.69, 9.17) is 0 Å². The molecular weight excluding hydrogens is 362 g/mol. The zero-order valence-electron chi connectivity index (χ0n) is 18.7. The van der Waals surface area contributed by atoms with Crippen LogP contribution in [-0.4, -0.2) is 68.0 Å². The molecule has 0 bridgehead atoms. The quantitative estimate of drug-likeness (QED) is 0.493.